The van der Waals surface area contributed by atoms with Crippen LogP contribution < -0.4 is 14.8 Å². The molecule has 1 atom stereocenters. The van der Waals surface area contributed by atoms with Crippen LogP contribution in [0, 0.1) is 0 Å². The third-order valence-corrected chi connectivity index (χ3v) is 3.44. The van der Waals surface area contributed by atoms with Gasteiger partial charge in [-0.15, -0.1) is 0 Å². The largest absolute Gasteiger partial charge is 0.488 e. The molecular formula is C18H17NO3. The maximum absolute atomic E-state index is 11.2. The molecule has 1 unspecified atom stereocenters. The standard InChI is InChI=1S/C18H17NO3/c1-2-18(20)19-12-16-11-13-10-15(8-9-17(13)22-16)21-14-6-4-3-5-7-14/h2-10,16H,1,11-12H2,(H,19,20). The molecular weight excluding hydrogens is 278 g/mol. The van der Waals surface area contributed by atoms with E-state index in [1.807, 2.05) is 48.5 Å². The second-order valence-electron chi connectivity index (χ2n) is 5.08. The molecule has 2 aromatic rings. The number of carbonyl (C=O) groups is 1. The molecule has 2 aromatic carbocycles. The van der Waals surface area contributed by atoms with Gasteiger partial charge in [0.2, 0.25) is 5.91 Å². The van der Waals surface area contributed by atoms with Gasteiger partial charge in [0.25, 0.3) is 0 Å². The highest BCUT2D eigenvalue weighted by Gasteiger charge is 2.23. The molecule has 1 amide bonds. The summed E-state index contributed by atoms with van der Waals surface area (Å²) in [6.07, 6.45) is 1.96. The van der Waals surface area contributed by atoms with Crippen LogP contribution in [-0.4, -0.2) is 18.6 Å². The van der Waals surface area contributed by atoms with E-state index in [9.17, 15) is 4.79 Å². The van der Waals surface area contributed by atoms with Crippen molar-refractivity contribution >= 4 is 5.91 Å². The van der Waals surface area contributed by atoms with Crippen molar-refractivity contribution in [2.24, 2.45) is 0 Å². The quantitative estimate of drug-likeness (QED) is 0.862. The molecule has 4 heteroatoms. The minimum atomic E-state index is -0.187. The number of benzene rings is 2. The Morgan fingerprint density at radius 2 is 2.09 bits per heavy atom. The molecule has 0 saturated carbocycles. The van der Waals surface area contributed by atoms with E-state index in [1.165, 1.54) is 6.08 Å². The van der Waals surface area contributed by atoms with E-state index in [0.29, 0.717) is 6.54 Å². The summed E-state index contributed by atoms with van der Waals surface area (Å²) in [6, 6.07) is 15.4. The first-order valence-corrected chi connectivity index (χ1v) is 7.17. The van der Waals surface area contributed by atoms with E-state index < -0.39 is 0 Å². The summed E-state index contributed by atoms with van der Waals surface area (Å²) in [5.74, 6) is 2.24. The Bertz CT molecular complexity index is 682. The van der Waals surface area contributed by atoms with Gasteiger partial charge in [-0.05, 0) is 36.4 Å². The molecule has 22 heavy (non-hydrogen) atoms. The molecule has 1 N–H and O–H groups in total. The van der Waals surface area contributed by atoms with Crippen LogP contribution in [0.25, 0.3) is 0 Å². The predicted octanol–water partition coefficient (Wildman–Crippen LogP) is 3.08. The van der Waals surface area contributed by atoms with E-state index in [4.69, 9.17) is 9.47 Å². The Balaban J connectivity index is 1.64. The predicted molar refractivity (Wildman–Crippen MR) is 84.3 cm³/mol. The second kappa shape index (κ2) is 6.35. The van der Waals surface area contributed by atoms with Gasteiger partial charge in [-0.3, -0.25) is 4.79 Å². The summed E-state index contributed by atoms with van der Waals surface area (Å²) < 4.78 is 11.6. The first-order chi connectivity index (χ1) is 10.7. The van der Waals surface area contributed by atoms with Crippen LogP contribution >= 0.6 is 0 Å². The van der Waals surface area contributed by atoms with Gasteiger partial charge in [0.1, 0.15) is 23.4 Å². The average molecular weight is 295 g/mol. The van der Waals surface area contributed by atoms with Crippen LogP contribution in [0.2, 0.25) is 0 Å². The molecule has 0 spiro atoms. The molecule has 0 bridgehead atoms. The van der Waals surface area contributed by atoms with E-state index in [2.05, 4.69) is 11.9 Å². The van der Waals surface area contributed by atoms with Crippen molar-refractivity contribution in [2.45, 2.75) is 12.5 Å². The monoisotopic (exact) mass is 295 g/mol. The van der Waals surface area contributed by atoms with Gasteiger partial charge in [-0.2, -0.15) is 0 Å². The Morgan fingerprint density at radius 1 is 1.27 bits per heavy atom. The van der Waals surface area contributed by atoms with Gasteiger partial charge in [-0.25, -0.2) is 0 Å². The molecule has 4 nitrogen and oxygen atoms in total. The zero-order valence-electron chi connectivity index (χ0n) is 12.1. The minimum Gasteiger partial charge on any atom is -0.488 e. The fourth-order valence-corrected chi connectivity index (χ4v) is 2.39. The van der Waals surface area contributed by atoms with Crippen molar-refractivity contribution in [2.75, 3.05) is 6.54 Å². The van der Waals surface area contributed by atoms with Gasteiger partial charge >= 0.3 is 0 Å². The summed E-state index contributed by atoms with van der Waals surface area (Å²) >= 11 is 0. The van der Waals surface area contributed by atoms with Gasteiger partial charge < -0.3 is 14.8 Å². The summed E-state index contributed by atoms with van der Waals surface area (Å²) in [5, 5.41) is 2.75. The van der Waals surface area contributed by atoms with Crippen molar-refractivity contribution in [3.05, 3.63) is 66.7 Å². The number of hydrogen-bond donors (Lipinski definition) is 1. The highest BCUT2D eigenvalue weighted by Crippen LogP contribution is 2.33. The van der Waals surface area contributed by atoms with E-state index in [1.54, 1.807) is 0 Å². The topological polar surface area (TPSA) is 47.6 Å². The number of carbonyl (C=O) groups excluding carboxylic acids is 1. The van der Waals surface area contributed by atoms with Crippen molar-refractivity contribution < 1.29 is 14.3 Å². The van der Waals surface area contributed by atoms with Crippen LogP contribution in [0.5, 0.6) is 17.2 Å². The van der Waals surface area contributed by atoms with E-state index in [-0.39, 0.29) is 12.0 Å². The summed E-state index contributed by atoms with van der Waals surface area (Å²) in [4.78, 5) is 11.2. The van der Waals surface area contributed by atoms with E-state index >= 15 is 0 Å². The number of para-hydroxylation sites is 1. The molecule has 0 aromatic heterocycles. The molecule has 3 rings (SSSR count). The summed E-state index contributed by atoms with van der Waals surface area (Å²) in [5.41, 5.74) is 1.09. The highest BCUT2D eigenvalue weighted by atomic mass is 16.5. The van der Waals surface area contributed by atoms with Crippen LogP contribution in [0.4, 0.5) is 0 Å². The van der Waals surface area contributed by atoms with E-state index in [0.717, 1.165) is 29.2 Å². The molecule has 112 valence electrons. The fraction of sp³-hybridized carbons (Fsp3) is 0.167. The molecule has 0 fully saturated rings. The molecule has 0 saturated heterocycles. The van der Waals surface area contributed by atoms with Crippen molar-refractivity contribution in [3.8, 4) is 17.2 Å². The molecule has 0 radical (unpaired) electrons. The minimum absolute atomic E-state index is 0.0501. The van der Waals surface area contributed by atoms with Gasteiger partial charge in [-0.1, -0.05) is 24.8 Å². The van der Waals surface area contributed by atoms with Crippen molar-refractivity contribution in [3.63, 3.8) is 0 Å². The van der Waals surface area contributed by atoms with Crippen molar-refractivity contribution in [1.82, 2.24) is 5.32 Å². The SMILES string of the molecule is C=CC(=O)NCC1Cc2cc(Oc3ccccc3)ccc2O1. The number of fused-ring (bicyclic) bond motifs is 1. The normalized spacial score (nSPS) is 15.5. The van der Waals surface area contributed by atoms with Crippen LogP contribution in [-0.2, 0) is 11.2 Å². The lowest BCUT2D eigenvalue weighted by Crippen LogP contribution is -2.33. The second-order valence-corrected chi connectivity index (χ2v) is 5.08. The summed E-state index contributed by atoms with van der Waals surface area (Å²) in [6.45, 7) is 3.89. The Labute approximate surface area is 129 Å². The first kappa shape index (κ1) is 14.2. The number of hydrogen-bond acceptors (Lipinski definition) is 3. The van der Waals surface area contributed by atoms with Crippen LogP contribution in [0.15, 0.2) is 61.2 Å². The average Bonchev–Trinajstić information content (AvgIpc) is 2.95. The maximum atomic E-state index is 11.2. The lowest BCUT2D eigenvalue weighted by atomic mass is 10.1. The summed E-state index contributed by atoms with van der Waals surface area (Å²) in [7, 11) is 0. The van der Waals surface area contributed by atoms with Gasteiger partial charge in [0.05, 0.1) is 6.54 Å². The molecule has 1 aliphatic heterocycles. The molecule has 1 heterocycles. The number of amides is 1. The Morgan fingerprint density at radius 3 is 2.86 bits per heavy atom. The van der Waals surface area contributed by atoms with Gasteiger partial charge in [0.15, 0.2) is 0 Å². The van der Waals surface area contributed by atoms with Crippen molar-refractivity contribution in [1.29, 1.82) is 0 Å². The highest BCUT2D eigenvalue weighted by molar-refractivity contribution is 5.86. The number of nitrogens with one attached hydrogen (secondary N) is 1. The number of ether oxygens (including phenoxy) is 2. The third-order valence-electron chi connectivity index (χ3n) is 3.44. The maximum Gasteiger partial charge on any atom is 0.243 e. The Hall–Kier alpha value is -2.75. The zero-order chi connectivity index (χ0) is 15.4. The molecule has 1 aliphatic rings. The lowest BCUT2D eigenvalue weighted by Gasteiger charge is -2.10. The number of rotatable bonds is 5. The van der Waals surface area contributed by atoms with Crippen LogP contribution in [0.3, 0.4) is 0 Å². The van der Waals surface area contributed by atoms with Crippen LogP contribution in [0.1, 0.15) is 5.56 Å². The third kappa shape index (κ3) is 3.28. The fourth-order valence-electron chi connectivity index (χ4n) is 2.39. The van der Waals surface area contributed by atoms with Gasteiger partial charge in [0, 0.05) is 12.0 Å². The smallest absolute Gasteiger partial charge is 0.243 e. The zero-order valence-corrected chi connectivity index (χ0v) is 12.1. The first-order valence-electron chi connectivity index (χ1n) is 7.17. The Kier molecular flexibility index (Phi) is 4.10. The lowest BCUT2D eigenvalue weighted by molar-refractivity contribution is -0.116. The molecule has 0 aliphatic carbocycles.